The van der Waals surface area contributed by atoms with Gasteiger partial charge in [0.05, 0.1) is 11.4 Å². The van der Waals surface area contributed by atoms with E-state index in [2.05, 4.69) is 13.8 Å². The van der Waals surface area contributed by atoms with Crippen LogP contribution in [0, 0.1) is 0 Å². The van der Waals surface area contributed by atoms with Crippen molar-refractivity contribution >= 4 is 28.8 Å². The van der Waals surface area contributed by atoms with E-state index in [4.69, 9.17) is 9.72 Å². The van der Waals surface area contributed by atoms with Crippen LogP contribution in [0.5, 0.6) is 5.75 Å². The van der Waals surface area contributed by atoms with Crippen LogP contribution < -0.4 is 9.64 Å². The zero-order chi connectivity index (χ0) is 22.5. The van der Waals surface area contributed by atoms with Gasteiger partial charge in [-0.15, -0.1) is 11.3 Å². The summed E-state index contributed by atoms with van der Waals surface area (Å²) >= 11 is 1.58. The van der Waals surface area contributed by atoms with Crippen molar-refractivity contribution in [3.63, 3.8) is 0 Å². The van der Waals surface area contributed by atoms with Gasteiger partial charge in [-0.25, -0.2) is 4.98 Å². The summed E-state index contributed by atoms with van der Waals surface area (Å²) in [6.07, 6.45) is 1.77. The number of rotatable bonds is 8. The lowest BCUT2D eigenvalue weighted by atomic mass is 10.1. The quantitative estimate of drug-likeness (QED) is 0.493. The summed E-state index contributed by atoms with van der Waals surface area (Å²) < 4.78 is 5.63. The van der Waals surface area contributed by atoms with E-state index in [1.807, 2.05) is 58.8 Å². The average Bonchev–Trinajstić information content (AvgIpc) is 3.31. The van der Waals surface area contributed by atoms with Crippen molar-refractivity contribution in [3.8, 4) is 27.6 Å². The van der Waals surface area contributed by atoms with Gasteiger partial charge in [-0.3, -0.25) is 14.5 Å². The van der Waals surface area contributed by atoms with Gasteiger partial charge in [0.25, 0.3) is 5.91 Å². The Kier molecular flexibility index (Phi) is 6.85. The lowest BCUT2D eigenvalue weighted by Gasteiger charge is -2.31. The monoisotopic (exact) mass is 449 g/mol. The topological polar surface area (TPSA) is 62.7 Å². The number of carbonyl (C=O) groups is 2. The normalized spacial score (nSPS) is 12.9. The van der Waals surface area contributed by atoms with E-state index < -0.39 is 0 Å². The summed E-state index contributed by atoms with van der Waals surface area (Å²) in [7, 11) is 0. The molecule has 0 bridgehead atoms. The molecule has 0 saturated carbocycles. The van der Waals surface area contributed by atoms with Crippen LogP contribution >= 0.6 is 11.3 Å². The van der Waals surface area contributed by atoms with Gasteiger partial charge < -0.3 is 9.64 Å². The van der Waals surface area contributed by atoms with E-state index in [0.29, 0.717) is 24.5 Å². The van der Waals surface area contributed by atoms with Crippen LogP contribution in [0.1, 0.15) is 26.7 Å². The standard InChI is InChI=1S/C25H27N3O3S/c1-3-12-27(13-4-2)23(29)15-28-21-14-19(10-11-22(21)31-16-24(28)30)20-17-32-25(26-20)18-8-6-5-7-9-18/h5-11,14,17H,3-4,12-13,15-16H2,1-2H3. The lowest BCUT2D eigenvalue weighted by Crippen LogP contribution is -2.46. The highest BCUT2D eigenvalue weighted by molar-refractivity contribution is 7.13. The molecule has 0 atom stereocenters. The Hall–Kier alpha value is -3.19. The molecule has 6 nitrogen and oxygen atoms in total. The Morgan fingerprint density at radius 1 is 1.09 bits per heavy atom. The Morgan fingerprint density at radius 2 is 1.84 bits per heavy atom. The van der Waals surface area contributed by atoms with Crippen LogP contribution in [-0.2, 0) is 9.59 Å². The minimum atomic E-state index is -0.209. The second-order valence-electron chi connectivity index (χ2n) is 7.74. The number of ether oxygens (including phenoxy) is 1. The molecule has 2 amide bonds. The zero-order valence-corrected chi connectivity index (χ0v) is 19.2. The van der Waals surface area contributed by atoms with Crippen LogP contribution in [0.15, 0.2) is 53.9 Å². The fourth-order valence-corrected chi connectivity index (χ4v) is 4.63. The summed E-state index contributed by atoms with van der Waals surface area (Å²) in [4.78, 5) is 33.8. The van der Waals surface area contributed by atoms with E-state index in [1.165, 1.54) is 0 Å². The number of amides is 2. The van der Waals surface area contributed by atoms with Crippen LogP contribution in [0.4, 0.5) is 5.69 Å². The van der Waals surface area contributed by atoms with Gasteiger partial charge in [0.2, 0.25) is 5.91 Å². The van der Waals surface area contributed by atoms with Gasteiger partial charge in [-0.2, -0.15) is 0 Å². The maximum Gasteiger partial charge on any atom is 0.265 e. The lowest BCUT2D eigenvalue weighted by molar-refractivity contribution is -0.132. The number of fused-ring (bicyclic) bond motifs is 1. The highest BCUT2D eigenvalue weighted by Gasteiger charge is 2.29. The van der Waals surface area contributed by atoms with E-state index >= 15 is 0 Å². The first-order valence-electron chi connectivity index (χ1n) is 11.0. The molecule has 4 rings (SSSR count). The molecule has 32 heavy (non-hydrogen) atoms. The number of hydrogen-bond acceptors (Lipinski definition) is 5. The molecule has 1 aliphatic heterocycles. The van der Waals surface area contributed by atoms with Crippen LogP contribution in [0.3, 0.4) is 0 Å². The van der Waals surface area contributed by atoms with Crippen molar-refractivity contribution in [2.24, 2.45) is 0 Å². The summed E-state index contributed by atoms with van der Waals surface area (Å²) in [6, 6.07) is 15.7. The first-order valence-corrected chi connectivity index (χ1v) is 11.8. The van der Waals surface area contributed by atoms with Gasteiger partial charge in [0.1, 0.15) is 17.3 Å². The van der Waals surface area contributed by atoms with E-state index in [-0.39, 0.29) is 25.0 Å². The Labute approximate surface area is 192 Å². The van der Waals surface area contributed by atoms with E-state index in [1.54, 1.807) is 16.2 Å². The van der Waals surface area contributed by atoms with Gasteiger partial charge in [0, 0.05) is 29.6 Å². The molecule has 0 saturated heterocycles. The molecule has 0 spiro atoms. The fourth-order valence-electron chi connectivity index (χ4n) is 3.79. The smallest absolute Gasteiger partial charge is 0.265 e. The van der Waals surface area contributed by atoms with Gasteiger partial charge >= 0.3 is 0 Å². The van der Waals surface area contributed by atoms with Crippen molar-refractivity contribution in [2.45, 2.75) is 26.7 Å². The second-order valence-corrected chi connectivity index (χ2v) is 8.59. The average molecular weight is 450 g/mol. The van der Waals surface area contributed by atoms with Crippen molar-refractivity contribution in [3.05, 3.63) is 53.9 Å². The molecular formula is C25H27N3O3S. The zero-order valence-electron chi connectivity index (χ0n) is 18.4. The van der Waals surface area contributed by atoms with E-state index in [9.17, 15) is 9.59 Å². The number of benzene rings is 2. The molecule has 3 aromatic rings. The fraction of sp³-hybridized carbons (Fsp3) is 0.320. The molecule has 7 heteroatoms. The highest BCUT2D eigenvalue weighted by atomic mass is 32.1. The predicted octanol–water partition coefficient (Wildman–Crippen LogP) is 4.85. The van der Waals surface area contributed by atoms with E-state index in [0.717, 1.165) is 34.7 Å². The summed E-state index contributed by atoms with van der Waals surface area (Å²) in [5.74, 6) is 0.358. The van der Waals surface area contributed by atoms with Crippen molar-refractivity contribution in [2.75, 3.05) is 31.1 Å². The molecule has 1 aliphatic rings. The van der Waals surface area contributed by atoms with Crippen LogP contribution in [0.2, 0.25) is 0 Å². The summed E-state index contributed by atoms with van der Waals surface area (Å²) in [5, 5.41) is 2.95. The number of aromatic nitrogens is 1. The number of carbonyl (C=O) groups excluding carboxylic acids is 2. The Morgan fingerprint density at radius 3 is 2.56 bits per heavy atom. The number of anilines is 1. The molecule has 2 heterocycles. The Balaban J connectivity index is 1.61. The van der Waals surface area contributed by atoms with Crippen molar-refractivity contribution < 1.29 is 14.3 Å². The molecule has 0 N–H and O–H groups in total. The van der Waals surface area contributed by atoms with Crippen molar-refractivity contribution in [1.29, 1.82) is 0 Å². The maximum atomic E-state index is 12.9. The third-order valence-corrected chi connectivity index (χ3v) is 6.25. The predicted molar refractivity (Wildman–Crippen MR) is 128 cm³/mol. The van der Waals surface area contributed by atoms with Crippen molar-refractivity contribution in [1.82, 2.24) is 9.88 Å². The number of nitrogens with zero attached hydrogens (tertiary/aromatic N) is 3. The molecule has 2 aromatic carbocycles. The molecule has 1 aromatic heterocycles. The molecule has 0 radical (unpaired) electrons. The SMILES string of the molecule is CCCN(CCC)C(=O)CN1C(=O)COc2ccc(-c3csc(-c4ccccc4)n3)cc21. The second kappa shape index (κ2) is 9.96. The largest absolute Gasteiger partial charge is 0.482 e. The van der Waals surface area contributed by atoms with Gasteiger partial charge in [-0.1, -0.05) is 44.2 Å². The first kappa shape index (κ1) is 22.0. The minimum Gasteiger partial charge on any atom is -0.482 e. The van der Waals surface area contributed by atoms with Gasteiger partial charge in [-0.05, 0) is 31.0 Å². The molecular weight excluding hydrogens is 422 g/mol. The third kappa shape index (κ3) is 4.67. The third-order valence-electron chi connectivity index (χ3n) is 5.36. The molecule has 0 fully saturated rings. The maximum absolute atomic E-state index is 12.9. The van der Waals surface area contributed by atoms with Crippen LogP contribution in [-0.4, -0.2) is 47.9 Å². The minimum absolute atomic E-state index is 0.0188. The Bertz CT molecular complexity index is 1090. The number of thiazole rings is 1. The summed E-state index contributed by atoms with van der Waals surface area (Å²) in [5.41, 5.74) is 3.41. The summed E-state index contributed by atoms with van der Waals surface area (Å²) in [6.45, 7) is 5.45. The van der Waals surface area contributed by atoms with Gasteiger partial charge in [0.15, 0.2) is 6.61 Å². The molecule has 0 aliphatic carbocycles. The van der Waals surface area contributed by atoms with Crippen LogP contribution in [0.25, 0.3) is 21.8 Å². The molecule has 166 valence electrons. The number of hydrogen-bond donors (Lipinski definition) is 0. The first-order chi connectivity index (χ1) is 15.6. The molecule has 0 unspecified atom stereocenters. The highest BCUT2D eigenvalue weighted by Crippen LogP contribution is 2.37.